The summed E-state index contributed by atoms with van der Waals surface area (Å²) in [5.74, 6) is -0.266. The van der Waals surface area contributed by atoms with E-state index in [1.54, 1.807) is 16.2 Å². The van der Waals surface area contributed by atoms with E-state index in [2.05, 4.69) is 6.07 Å². The number of nitrogens with zero attached hydrogens (tertiary/aromatic N) is 2. The number of rotatable bonds is 2. The zero-order chi connectivity index (χ0) is 22.2. The van der Waals surface area contributed by atoms with E-state index in [0.29, 0.717) is 29.0 Å². The first-order chi connectivity index (χ1) is 15.6. The van der Waals surface area contributed by atoms with Crippen LogP contribution >= 0.6 is 22.9 Å². The standard InChI is InChI=1S/C26H25ClN2O2S/c27-20-10-6-5-8-16(20)18-14-24(31)29(21-11-7-12-22(30)25(18)21)26-19(15-28)17-9-3-1-2-4-13-23(17)32-26/h5-6,8,10,18H,1-4,7,9,11-14H2. The van der Waals surface area contributed by atoms with E-state index < -0.39 is 0 Å². The highest BCUT2D eigenvalue weighted by molar-refractivity contribution is 7.16. The third-order valence-electron chi connectivity index (χ3n) is 6.92. The highest BCUT2D eigenvalue weighted by atomic mass is 35.5. The molecule has 2 heterocycles. The Morgan fingerprint density at radius 3 is 2.56 bits per heavy atom. The second-order valence-electron chi connectivity index (χ2n) is 8.85. The Bertz CT molecular complexity index is 1170. The third-order valence-corrected chi connectivity index (χ3v) is 8.54. The Kier molecular flexibility index (Phi) is 5.92. The number of fused-ring (bicyclic) bond motifs is 1. The summed E-state index contributed by atoms with van der Waals surface area (Å²) in [6.07, 6.45) is 8.52. The molecule has 4 nitrogen and oxygen atoms in total. The van der Waals surface area contributed by atoms with Crippen molar-refractivity contribution in [1.82, 2.24) is 0 Å². The molecular weight excluding hydrogens is 440 g/mol. The number of Topliss-reactive ketones (excluding diaryl/α,β-unsaturated/α-hetero) is 1. The SMILES string of the molecule is N#Cc1c(N2C(=O)CC(c3ccccc3Cl)C3=C2CCCC3=O)sc2c1CCCCCC2. The number of hydrogen-bond donors (Lipinski definition) is 0. The molecule has 1 aromatic heterocycles. The molecule has 3 aliphatic rings. The van der Waals surface area contributed by atoms with E-state index in [4.69, 9.17) is 11.6 Å². The molecule has 2 aliphatic carbocycles. The first-order valence-electron chi connectivity index (χ1n) is 11.5. The molecule has 0 saturated heterocycles. The molecule has 0 bridgehead atoms. The Hall–Kier alpha value is -2.42. The summed E-state index contributed by atoms with van der Waals surface area (Å²) in [7, 11) is 0. The van der Waals surface area contributed by atoms with Gasteiger partial charge in [0.25, 0.3) is 0 Å². The van der Waals surface area contributed by atoms with Crippen molar-refractivity contribution in [2.75, 3.05) is 4.90 Å². The van der Waals surface area contributed by atoms with Crippen molar-refractivity contribution in [2.45, 2.75) is 70.1 Å². The Labute approximate surface area is 197 Å². The lowest BCUT2D eigenvalue weighted by molar-refractivity contribution is -0.119. The van der Waals surface area contributed by atoms with Gasteiger partial charge in [0.2, 0.25) is 5.91 Å². The lowest BCUT2D eigenvalue weighted by Gasteiger charge is -2.38. The van der Waals surface area contributed by atoms with Crippen molar-refractivity contribution >= 4 is 39.6 Å². The smallest absolute Gasteiger partial charge is 0.232 e. The second kappa shape index (κ2) is 8.84. The number of ketones is 1. The summed E-state index contributed by atoms with van der Waals surface area (Å²) in [6, 6.07) is 9.91. The van der Waals surface area contributed by atoms with Crippen LogP contribution in [-0.4, -0.2) is 11.7 Å². The number of hydrogen-bond acceptors (Lipinski definition) is 4. The topological polar surface area (TPSA) is 61.2 Å². The molecule has 1 aromatic carbocycles. The third kappa shape index (κ3) is 3.60. The van der Waals surface area contributed by atoms with E-state index >= 15 is 0 Å². The zero-order valence-corrected chi connectivity index (χ0v) is 19.5. The fraction of sp³-hybridized carbons (Fsp3) is 0.423. The number of halogens is 1. The molecule has 0 radical (unpaired) electrons. The fourth-order valence-corrected chi connectivity index (χ4v) is 7.08. The monoisotopic (exact) mass is 464 g/mol. The van der Waals surface area contributed by atoms with E-state index in [1.807, 2.05) is 24.3 Å². The summed E-state index contributed by atoms with van der Waals surface area (Å²) in [4.78, 5) is 29.7. The van der Waals surface area contributed by atoms with Crippen LogP contribution in [0.1, 0.15) is 78.9 Å². The van der Waals surface area contributed by atoms with Gasteiger partial charge in [-0.15, -0.1) is 11.3 Å². The van der Waals surface area contributed by atoms with Crippen molar-refractivity contribution in [2.24, 2.45) is 0 Å². The predicted octanol–water partition coefficient (Wildman–Crippen LogP) is 6.46. The zero-order valence-electron chi connectivity index (χ0n) is 18.0. The maximum atomic E-state index is 13.6. The van der Waals surface area contributed by atoms with Gasteiger partial charge >= 0.3 is 0 Å². The van der Waals surface area contributed by atoms with Crippen molar-refractivity contribution in [3.8, 4) is 6.07 Å². The number of carbonyl (C=O) groups is 2. The molecule has 0 spiro atoms. The van der Waals surface area contributed by atoms with Crippen LogP contribution in [0.5, 0.6) is 0 Å². The fourth-order valence-electron chi connectivity index (χ4n) is 5.43. The molecular formula is C26H25ClN2O2S. The summed E-state index contributed by atoms with van der Waals surface area (Å²) in [5, 5.41) is 11.4. The predicted molar refractivity (Wildman–Crippen MR) is 127 cm³/mol. The summed E-state index contributed by atoms with van der Waals surface area (Å²) in [5.41, 5.74) is 4.10. The normalized spacial score (nSPS) is 21.5. The molecule has 1 unspecified atom stereocenters. The number of thiophene rings is 1. The number of carbonyl (C=O) groups excluding carboxylic acids is 2. The first-order valence-corrected chi connectivity index (χ1v) is 12.7. The van der Waals surface area contributed by atoms with Crippen LogP contribution < -0.4 is 4.90 Å². The highest BCUT2D eigenvalue weighted by Crippen LogP contribution is 2.48. The molecule has 1 aliphatic heterocycles. The van der Waals surface area contributed by atoms with Crippen LogP contribution in [0.3, 0.4) is 0 Å². The van der Waals surface area contributed by atoms with Gasteiger partial charge in [-0.2, -0.15) is 5.26 Å². The number of anilines is 1. The molecule has 0 fully saturated rings. The molecule has 5 rings (SSSR count). The van der Waals surface area contributed by atoms with E-state index in [-0.39, 0.29) is 24.0 Å². The molecule has 164 valence electrons. The minimum atomic E-state index is -0.318. The summed E-state index contributed by atoms with van der Waals surface area (Å²) < 4.78 is 0. The molecule has 0 saturated carbocycles. The van der Waals surface area contributed by atoms with Crippen LogP contribution in [0, 0.1) is 11.3 Å². The highest BCUT2D eigenvalue weighted by Gasteiger charge is 2.42. The molecule has 0 N–H and O–H groups in total. The van der Waals surface area contributed by atoms with Crippen LogP contribution in [0.4, 0.5) is 5.00 Å². The average molecular weight is 465 g/mol. The van der Waals surface area contributed by atoms with E-state index in [1.165, 1.54) is 17.7 Å². The molecule has 1 amide bonds. The minimum Gasteiger partial charge on any atom is -0.294 e. The number of benzene rings is 1. The van der Waals surface area contributed by atoms with E-state index in [9.17, 15) is 14.9 Å². The van der Waals surface area contributed by atoms with Gasteiger partial charge in [0.05, 0.1) is 5.56 Å². The number of nitriles is 1. The maximum absolute atomic E-state index is 13.6. The van der Waals surface area contributed by atoms with Gasteiger partial charge in [0, 0.05) is 39.9 Å². The Balaban J connectivity index is 1.67. The summed E-state index contributed by atoms with van der Waals surface area (Å²) in [6.45, 7) is 0. The Morgan fingerprint density at radius 1 is 1.00 bits per heavy atom. The van der Waals surface area contributed by atoms with Crippen molar-refractivity contribution in [3.63, 3.8) is 0 Å². The Morgan fingerprint density at radius 2 is 1.78 bits per heavy atom. The van der Waals surface area contributed by atoms with E-state index in [0.717, 1.165) is 53.9 Å². The van der Waals surface area contributed by atoms with Gasteiger partial charge in [-0.1, -0.05) is 42.6 Å². The largest absolute Gasteiger partial charge is 0.294 e. The lowest BCUT2D eigenvalue weighted by atomic mass is 9.77. The van der Waals surface area contributed by atoms with Crippen LogP contribution in [0.2, 0.25) is 5.02 Å². The van der Waals surface area contributed by atoms with Gasteiger partial charge in [0.15, 0.2) is 5.78 Å². The number of aryl methyl sites for hydroxylation is 1. The van der Waals surface area contributed by atoms with Gasteiger partial charge in [-0.25, -0.2) is 0 Å². The van der Waals surface area contributed by atoms with Crippen molar-refractivity contribution < 1.29 is 9.59 Å². The van der Waals surface area contributed by atoms with Gasteiger partial charge < -0.3 is 0 Å². The maximum Gasteiger partial charge on any atom is 0.232 e. The van der Waals surface area contributed by atoms with Gasteiger partial charge in [-0.3, -0.25) is 14.5 Å². The van der Waals surface area contributed by atoms with Crippen molar-refractivity contribution in [1.29, 1.82) is 5.26 Å². The summed E-state index contributed by atoms with van der Waals surface area (Å²) >= 11 is 8.07. The number of allylic oxidation sites excluding steroid dienone is 2. The van der Waals surface area contributed by atoms with Crippen LogP contribution in [-0.2, 0) is 22.4 Å². The van der Waals surface area contributed by atoms with Crippen molar-refractivity contribution in [3.05, 3.63) is 62.1 Å². The second-order valence-corrected chi connectivity index (χ2v) is 10.3. The van der Waals surface area contributed by atoms with Gasteiger partial charge in [-0.05, 0) is 55.7 Å². The van der Waals surface area contributed by atoms with Crippen LogP contribution in [0.15, 0.2) is 35.5 Å². The quantitative estimate of drug-likeness (QED) is 0.512. The molecule has 2 aromatic rings. The molecule has 6 heteroatoms. The lowest BCUT2D eigenvalue weighted by Crippen LogP contribution is -2.40. The number of amides is 1. The first kappa shape index (κ1) is 21.4. The minimum absolute atomic E-state index is 0.0471. The van der Waals surface area contributed by atoms with Crippen LogP contribution in [0.25, 0.3) is 0 Å². The van der Waals surface area contributed by atoms with Gasteiger partial charge in [0.1, 0.15) is 11.1 Å². The molecule has 32 heavy (non-hydrogen) atoms. The molecule has 1 atom stereocenters. The average Bonchev–Trinajstić information content (AvgIpc) is 3.09.